The summed E-state index contributed by atoms with van der Waals surface area (Å²) in [6.45, 7) is 29.8. The Hall–Kier alpha value is -2.51. The minimum absolute atomic E-state index is 0. The minimum atomic E-state index is -0.472. The Balaban J connectivity index is -0.000000621. The molecule has 0 fully saturated rings. The van der Waals surface area contributed by atoms with E-state index in [-0.39, 0.29) is 57.0 Å². The molecule has 7 heteroatoms. The van der Waals surface area contributed by atoms with Crippen LogP contribution in [0, 0.1) is 52.4 Å². The maximum atomic E-state index is 11.9. The Morgan fingerprint density at radius 2 is 0.733 bits per heavy atom. The van der Waals surface area contributed by atoms with E-state index in [4.69, 9.17) is 10.2 Å². The second-order valence-corrected chi connectivity index (χ2v) is 14.0. The van der Waals surface area contributed by atoms with Crippen LogP contribution in [0.4, 0.5) is 0 Å². The summed E-state index contributed by atoms with van der Waals surface area (Å²) in [5, 5.41) is 36.4. The van der Waals surface area contributed by atoms with Crippen molar-refractivity contribution < 1.29 is 51.7 Å². The third-order valence-electron chi connectivity index (χ3n) is 5.88. The fraction of sp³-hybridized carbons (Fsp3) is 0.526. The summed E-state index contributed by atoms with van der Waals surface area (Å²) in [7, 11) is 0. The zero-order valence-corrected chi connectivity index (χ0v) is 32.3. The number of hydrogen-bond donors (Lipinski definition) is 4. The van der Waals surface area contributed by atoms with Crippen LogP contribution in [-0.2, 0) is 31.3 Å². The summed E-state index contributed by atoms with van der Waals surface area (Å²) in [6, 6.07) is 8.03. The first-order valence-corrected chi connectivity index (χ1v) is 15.1. The average Bonchev–Trinajstić information content (AvgIpc) is 2.76. The van der Waals surface area contributed by atoms with E-state index in [0.717, 1.165) is 44.5 Å². The van der Waals surface area contributed by atoms with Crippen molar-refractivity contribution in [2.45, 2.75) is 123 Å². The van der Waals surface area contributed by atoms with Crippen molar-refractivity contribution in [3.8, 4) is 0 Å². The van der Waals surface area contributed by atoms with Gasteiger partial charge < -0.3 is 20.4 Å². The Morgan fingerprint density at radius 1 is 0.556 bits per heavy atom. The van der Waals surface area contributed by atoms with Crippen molar-refractivity contribution in [1.82, 2.24) is 0 Å². The van der Waals surface area contributed by atoms with Crippen LogP contribution in [0.1, 0.15) is 114 Å². The summed E-state index contributed by atoms with van der Waals surface area (Å²) in [6.07, 6.45) is 2.34. The molecule has 2 aromatic rings. The van der Waals surface area contributed by atoms with E-state index in [0.29, 0.717) is 0 Å². The van der Waals surface area contributed by atoms with Crippen LogP contribution < -0.4 is 0 Å². The molecule has 0 saturated heterocycles. The first kappa shape index (κ1) is 46.9. The first-order chi connectivity index (χ1) is 19.7. The van der Waals surface area contributed by atoms with Crippen LogP contribution in [0.15, 0.2) is 36.4 Å². The molecule has 252 valence electrons. The van der Waals surface area contributed by atoms with Gasteiger partial charge in [-0.1, -0.05) is 76.9 Å². The normalized spacial score (nSPS) is 11.7. The van der Waals surface area contributed by atoms with Crippen molar-refractivity contribution in [3.63, 3.8) is 0 Å². The molecule has 6 nitrogen and oxygen atoms in total. The van der Waals surface area contributed by atoms with Crippen molar-refractivity contribution >= 4 is 23.1 Å². The van der Waals surface area contributed by atoms with Gasteiger partial charge in [-0.2, -0.15) is 0 Å². The number of hydrogen-bond acceptors (Lipinski definition) is 6. The van der Waals surface area contributed by atoms with Gasteiger partial charge in [0, 0.05) is 68.0 Å². The first-order valence-electron chi connectivity index (χ1n) is 15.1. The molecule has 0 amide bonds. The quantitative estimate of drug-likeness (QED) is 0.148. The van der Waals surface area contributed by atoms with Gasteiger partial charge in [0.2, 0.25) is 0 Å². The Morgan fingerprint density at radius 3 is 0.889 bits per heavy atom. The topological polar surface area (TPSA) is 115 Å². The van der Waals surface area contributed by atoms with Gasteiger partial charge in [-0.3, -0.25) is 9.59 Å². The van der Waals surface area contributed by atoms with Crippen LogP contribution in [0.2, 0.25) is 0 Å². The number of aliphatic hydroxyl groups is 4. The average molecular weight is 661 g/mol. The molecule has 0 aliphatic rings. The third kappa shape index (κ3) is 19.6. The molecule has 0 saturated carbocycles. The zero-order chi connectivity index (χ0) is 35.3. The van der Waals surface area contributed by atoms with Crippen LogP contribution >= 0.6 is 0 Å². The number of carbonyl (C=O) groups excluding carboxylic acids is 2. The van der Waals surface area contributed by atoms with E-state index in [1.807, 2.05) is 107 Å². The zero-order valence-electron chi connectivity index (χ0n) is 30.7. The fourth-order valence-electron chi connectivity index (χ4n) is 3.99. The van der Waals surface area contributed by atoms with E-state index in [1.165, 1.54) is 12.2 Å². The van der Waals surface area contributed by atoms with E-state index in [9.17, 15) is 19.8 Å². The molecule has 45 heavy (non-hydrogen) atoms. The predicted octanol–water partition coefficient (Wildman–Crippen LogP) is 9.02. The number of rotatable bonds is 4. The van der Waals surface area contributed by atoms with Gasteiger partial charge in [0.25, 0.3) is 0 Å². The van der Waals surface area contributed by atoms with E-state index in [1.54, 1.807) is 27.7 Å². The standard InChI is InChI=1S/2C16H22O2.2C3H8O.Ti/c2*1-10-7-11(2)15(12(3)8-10)13(17)9-14(18)16(4,5)6;2*1-3(2)4;/h2*7-9,17H,1-6H3;2*3-4H,1-2H3;/b2*13-9-;;;. The van der Waals surface area contributed by atoms with Gasteiger partial charge >= 0.3 is 0 Å². The Bertz CT molecular complexity index is 1150. The molecule has 0 heterocycles. The van der Waals surface area contributed by atoms with Crippen molar-refractivity contribution in [3.05, 3.63) is 80.9 Å². The van der Waals surface area contributed by atoms with Crippen LogP contribution in [-0.4, -0.2) is 44.2 Å². The molecule has 0 radical (unpaired) electrons. The van der Waals surface area contributed by atoms with Crippen LogP contribution in [0.5, 0.6) is 0 Å². The number of aryl methyl sites for hydroxylation is 6. The molecule has 0 bridgehead atoms. The Labute approximate surface area is 288 Å². The SMILES string of the molecule is CC(C)O.CC(C)O.Cc1cc(C)c(/C(O)=C/C(=O)C(C)(C)C)c(C)c1.Cc1cc(C)c(/C(O)=C/C(=O)C(C)(C)C)c(C)c1.[Ti]. The largest absolute Gasteiger partial charge is 0.507 e. The molecule has 0 atom stereocenters. The van der Waals surface area contributed by atoms with Gasteiger partial charge in [0.05, 0.1) is 0 Å². The predicted molar refractivity (Wildman–Crippen MR) is 186 cm³/mol. The maximum Gasteiger partial charge on any atom is 0.164 e. The number of carbonyl (C=O) groups is 2. The number of aliphatic hydroxyl groups excluding tert-OH is 4. The Kier molecular flexibility index (Phi) is 21.5. The van der Waals surface area contributed by atoms with Gasteiger partial charge in [0.1, 0.15) is 11.5 Å². The summed E-state index contributed by atoms with van der Waals surface area (Å²) < 4.78 is 0. The van der Waals surface area contributed by atoms with Crippen molar-refractivity contribution in [2.75, 3.05) is 0 Å². The molecular weight excluding hydrogens is 600 g/mol. The smallest absolute Gasteiger partial charge is 0.164 e. The number of benzene rings is 2. The second kappa shape index (κ2) is 20.6. The van der Waals surface area contributed by atoms with Gasteiger partial charge in [-0.25, -0.2) is 0 Å². The van der Waals surface area contributed by atoms with Crippen molar-refractivity contribution in [1.29, 1.82) is 0 Å². The number of ketones is 2. The molecule has 2 rings (SSSR count). The van der Waals surface area contributed by atoms with Gasteiger partial charge in [0.15, 0.2) is 11.6 Å². The summed E-state index contributed by atoms with van der Waals surface area (Å²) in [4.78, 5) is 23.8. The molecule has 4 N–H and O–H groups in total. The fourth-order valence-corrected chi connectivity index (χ4v) is 3.99. The monoisotopic (exact) mass is 660 g/mol. The van der Waals surface area contributed by atoms with Crippen LogP contribution in [0.25, 0.3) is 11.5 Å². The van der Waals surface area contributed by atoms with Crippen LogP contribution in [0.3, 0.4) is 0 Å². The molecule has 0 spiro atoms. The number of allylic oxidation sites excluding steroid dienone is 2. The molecule has 0 aliphatic carbocycles. The summed E-state index contributed by atoms with van der Waals surface area (Å²) >= 11 is 0. The van der Waals surface area contributed by atoms with Crippen molar-refractivity contribution in [2.24, 2.45) is 10.8 Å². The molecule has 2 aromatic carbocycles. The minimum Gasteiger partial charge on any atom is -0.507 e. The van der Waals surface area contributed by atoms with E-state index < -0.39 is 10.8 Å². The maximum absolute atomic E-state index is 11.9. The molecular formula is C38H60O6Ti. The second-order valence-electron chi connectivity index (χ2n) is 14.0. The molecule has 0 aromatic heterocycles. The summed E-state index contributed by atoms with van der Waals surface area (Å²) in [5.74, 6) is -0.0198. The van der Waals surface area contributed by atoms with E-state index in [2.05, 4.69) is 0 Å². The third-order valence-corrected chi connectivity index (χ3v) is 5.88. The van der Waals surface area contributed by atoms with Gasteiger partial charge in [-0.15, -0.1) is 0 Å². The van der Waals surface area contributed by atoms with E-state index >= 15 is 0 Å². The molecule has 0 unspecified atom stereocenters. The summed E-state index contributed by atoms with van der Waals surface area (Å²) in [5.41, 5.74) is 6.85. The molecule has 0 aliphatic heterocycles. The van der Waals surface area contributed by atoms with Gasteiger partial charge in [-0.05, 0) is 91.5 Å².